The van der Waals surface area contributed by atoms with Crippen LogP contribution in [-0.2, 0) is 9.47 Å². The molecule has 0 aromatic rings. The highest BCUT2D eigenvalue weighted by Gasteiger charge is 2.59. The lowest BCUT2D eigenvalue weighted by Gasteiger charge is -2.58. The molecule has 4 aliphatic carbocycles. The first-order valence-corrected chi connectivity index (χ1v) is 17.1. The summed E-state index contributed by atoms with van der Waals surface area (Å²) in [7, 11) is 0. The number of hydrogen-bond donors (Lipinski definition) is 4. The fourth-order valence-electron chi connectivity index (χ4n) is 10.8. The largest absolute Gasteiger partial charge is 0.394 e. The Kier molecular flexibility index (Phi) is 9.71. The summed E-state index contributed by atoms with van der Waals surface area (Å²) in [5, 5.41) is 40.4. The van der Waals surface area contributed by atoms with Crippen LogP contribution in [0.4, 0.5) is 0 Å². The molecule has 0 aromatic carbocycles. The monoisotopic (exact) mass is 576 g/mol. The van der Waals surface area contributed by atoms with Crippen LogP contribution in [0.5, 0.6) is 0 Å². The molecule has 41 heavy (non-hydrogen) atoms. The number of allylic oxidation sites excluding steroid dienone is 1. The maximum absolute atomic E-state index is 10.5. The van der Waals surface area contributed by atoms with Gasteiger partial charge in [0.05, 0.1) is 12.7 Å². The van der Waals surface area contributed by atoms with Crippen LogP contribution in [0.3, 0.4) is 0 Å². The molecule has 1 saturated heterocycles. The Hall–Kier alpha value is -0.500. The van der Waals surface area contributed by atoms with Gasteiger partial charge in [0.1, 0.15) is 24.4 Å². The minimum absolute atomic E-state index is 0.101. The van der Waals surface area contributed by atoms with Crippen molar-refractivity contribution in [2.75, 3.05) is 6.61 Å². The van der Waals surface area contributed by atoms with Gasteiger partial charge in [-0.15, -0.1) is 0 Å². The van der Waals surface area contributed by atoms with Crippen molar-refractivity contribution in [1.29, 1.82) is 0 Å². The van der Waals surface area contributed by atoms with Crippen molar-refractivity contribution >= 4 is 0 Å². The summed E-state index contributed by atoms with van der Waals surface area (Å²) < 4.78 is 11.9. The topological polar surface area (TPSA) is 99.4 Å². The number of aliphatic hydroxyl groups excluding tert-OH is 4. The van der Waals surface area contributed by atoms with Gasteiger partial charge in [-0.25, -0.2) is 0 Å². The van der Waals surface area contributed by atoms with E-state index < -0.39 is 37.3 Å². The van der Waals surface area contributed by atoms with Gasteiger partial charge < -0.3 is 29.9 Å². The molecule has 6 nitrogen and oxygen atoms in total. The summed E-state index contributed by atoms with van der Waals surface area (Å²) in [6.07, 6.45) is 9.92. The maximum Gasteiger partial charge on any atom is 0.186 e. The minimum Gasteiger partial charge on any atom is -0.394 e. The Balaban J connectivity index is 1.24. The van der Waals surface area contributed by atoms with Gasteiger partial charge in [0, 0.05) is 0 Å². The van der Waals surface area contributed by atoms with Crippen molar-refractivity contribution in [3.05, 3.63) is 11.6 Å². The summed E-state index contributed by atoms with van der Waals surface area (Å²) >= 11 is 0. The van der Waals surface area contributed by atoms with Crippen molar-refractivity contribution < 1.29 is 29.9 Å². The zero-order chi connectivity index (χ0) is 29.7. The van der Waals surface area contributed by atoms with E-state index in [1.807, 2.05) is 0 Å². The van der Waals surface area contributed by atoms with Crippen molar-refractivity contribution in [1.82, 2.24) is 0 Å². The maximum atomic E-state index is 10.5. The predicted molar refractivity (Wildman–Crippen MR) is 161 cm³/mol. The lowest BCUT2D eigenvalue weighted by Crippen LogP contribution is -2.60. The van der Waals surface area contributed by atoms with E-state index in [0.717, 1.165) is 60.7 Å². The third-order valence-electron chi connectivity index (χ3n) is 13.5. The van der Waals surface area contributed by atoms with E-state index in [4.69, 9.17) is 9.47 Å². The quantitative estimate of drug-likeness (QED) is 0.257. The van der Waals surface area contributed by atoms with Gasteiger partial charge >= 0.3 is 0 Å². The fourth-order valence-corrected chi connectivity index (χ4v) is 10.8. The van der Waals surface area contributed by atoms with E-state index in [2.05, 4.69) is 47.6 Å². The molecule has 0 spiro atoms. The third kappa shape index (κ3) is 5.73. The predicted octanol–water partition coefficient (Wildman–Crippen LogP) is 5.85. The molecule has 0 bridgehead atoms. The first-order valence-electron chi connectivity index (χ1n) is 17.1. The van der Waals surface area contributed by atoms with Crippen LogP contribution in [0.2, 0.25) is 0 Å². The standard InChI is InChI=1S/C35H60O6/c1-7-22(20(2)3)9-8-21(4)26-12-13-27-25-11-10-23-18-24(14-16-34(23,5)28(25)15-17-35(26,27)6)40-33-32(39)31(38)30(37)29(19-36)41-33/h10,20-22,24-33,36-39H,7-9,11-19H2,1-6H3/t21-,22-,24?,25+,26-,27+,28+,29-,30-,31+,32-,33-,34+,35-/m1/s1. The summed E-state index contributed by atoms with van der Waals surface area (Å²) in [5.41, 5.74) is 2.19. The van der Waals surface area contributed by atoms with E-state index in [1.54, 1.807) is 0 Å². The zero-order valence-electron chi connectivity index (χ0n) is 26.7. The third-order valence-corrected chi connectivity index (χ3v) is 13.5. The molecule has 5 rings (SSSR count). The average Bonchev–Trinajstić information content (AvgIpc) is 3.30. The van der Waals surface area contributed by atoms with Crippen LogP contribution in [0.1, 0.15) is 112 Å². The highest BCUT2D eigenvalue weighted by Crippen LogP contribution is 2.67. The molecule has 0 amide bonds. The summed E-state index contributed by atoms with van der Waals surface area (Å²) in [5.74, 6) is 5.66. The summed E-state index contributed by atoms with van der Waals surface area (Å²) in [6.45, 7) is 14.5. The number of fused-ring (bicyclic) bond motifs is 5. The van der Waals surface area contributed by atoms with E-state index in [0.29, 0.717) is 5.41 Å². The van der Waals surface area contributed by atoms with Gasteiger partial charge in [-0.2, -0.15) is 0 Å². The molecule has 3 saturated carbocycles. The van der Waals surface area contributed by atoms with Gasteiger partial charge in [-0.1, -0.05) is 66.0 Å². The van der Waals surface area contributed by atoms with Crippen LogP contribution in [-0.4, -0.2) is 63.8 Å². The molecule has 236 valence electrons. The summed E-state index contributed by atoms with van der Waals surface area (Å²) in [4.78, 5) is 0. The smallest absolute Gasteiger partial charge is 0.186 e. The van der Waals surface area contributed by atoms with Gasteiger partial charge in [-0.3, -0.25) is 0 Å². The van der Waals surface area contributed by atoms with Gasteiger partial charge in [0.2, 0.25) is 0 Å². The lowest BCUT2D eigenvalue weighted by atomic mass is 9.47. The molecule has 0 radical (unpaired) electrons. The second-order valence-electron chi connectivity index (χ2n) is 15.7. The Bertz CT molecular complexity index is 918. The highest BCUT2D eigenvalue weighted by atomic mass is 16.7. The Morgan fingerprint density at radius 3 is 2.39 bits per heavy atom. The molecule has 4 fully saturated rings. The molecular formula is C35H60O6. The molecular weight excluding hydrogens is 516 g/mol. The van der Waals surface area contributed by atoms with Crippen LogP contribution < -0.4 is 0 Å². The summed E-state index contributed by atoms with van der Waals surface area (Å²) in [6, 6.07) is 0. The molecule has 5 aliphatic rings. The molecule has 6 heteroatoms. The fraction of sp³-hybridized carbons (Fsp3) is 0.943. The average molecular weight is 577 g/mol. The number of ether oxygens (including phenoxy) is 2. The number of aliphatic hydroxyl groups is 4. The first-order chi connectivity index (χ1) is 19.4. The molecule has 1 heterocycles. The zero-order valence-corrected chi connectivity index (χ0v) is 26.7. The normalized spacial score (nSPS) is 47.7. The van der Waals surface area contributed by atoms with E-state index in [9.17, 15) is 20.4 Å². The molecule has 1 aliphatic heterocycles. The molecule has 14 atom stereocenters. The van der Waals surface area contributed by atoms with Crippen LogP contribution in [0.15, 0.2) is 11.6 Å². The SMILES string of the molecule is CC[C@H](CC[C@@H](C)[C@H]1CC[C@H]2[C@@H]3CC=C4CC(O[C@@H]5O[C@H](CO)[C@@H](O)[C@H](O)[C@H]5O)CC[C@]4(C)[C@H]3CC[C@]12C)C(C)C. The van der Waals surface area contributed by atoms with Crippen molar-refractivity contribution in [3.8, 4) is 0 Å². The van der Waals surface area contributed by atoms with Gasteiger partial charge in [0.25, 0.3) is 0 Å². The van der Waals surface area contributed by atoms with Crippen molar-refractivity contribution in [2.24, 2.45) is 52.3 Å². The first kappa shape index (κ1) is 31.9. The van der Waals surface area contributed by atoms with Gasteiger partial charge in [-0.05, 0) is 110 Å². The Morgan fingerprint density at radius 1 is 0.951 bits per heavy atom. The van der Waals surface area contributed by atoms with Crippen LogP contribution >= 0.6 is 0 Å². The molecule has 1 unspecified atom stereocenters. The van der Waals surface area contributed by atoms with Crippen molar-refractivity contribution in [3.63, 3.8) is 0 Å². The second kappa shape index (κ2) is 12.5. The van der Waals surface area contributed by atoms with Crippen LogP contribution in [0.25, 0.3) is 0 Å². The Labute approximate surface area is 249 Å². The van der Waals surface area contributed by atoms with Crippen LogP contribution in [0, 0.1) is 52.3 Å². The Morgan fingerprint density at radius 2 is 1.71 bits per heavy atom. The van der Waals surface area contributed by atoms with E-state index in [-0.39, 0.29) is 11.5 Å². The molecule has 0 aromatic heterocycles. The minimum atomic E-state index is -1.40. The number of rotatable bonds is 9. The second-order valence-corrected chi connectivity index (χ2v) is 15.7. The molecule has 4 N–H and O–H groups in total. The van der Waals surface area contributed by atoms with E-state index in [1.165, 1.54) is 56.9 Å². The van der Waals surface area contributed by atoms with E-state index >= 15 is 0 Å². The number of hydrogen-bond acceptors (Lipinski definition) is 6. The lowest BCUT2D eigenvalue weighted by molar-refractivity contribution is -0.313. The highest BCUT2D eigenvalue weighted by molar-refractivity contribution is 5.25. The van der Waals surface area contributed by atoms with Crippen molar-refractivity contribution in [2.45, 2.75) is 149 Å². The van der Waals surface area contributed by atoms with Gasteiger partial charge in [0.15, 0.2) is 6.29 Å².